The van der Waals surface area contributed by atoms with Gasteiger partial charge in [0.1, 0.15) is 6.07 Å². The smallest absolute Gasteiger partial charge is 0.101 e. The van der Waals surface area contributed by atoms with Gasteiger partial charge in [-0.15, -0.1) is 0 Å². The lowest BCUT2D eigenvalue weighted by Gasteiger charge is -2.04. The quantitative estimate of drug-likeness (QED) is 0.872. The largest absolute Gasteiger partial charge is 0.383 e. The van der Waals surface area contributed by atoms with E-state index in [2.05, 4.69) is 16.5 Å². The number of para-hydroxylation sites is 1. The molecule has 0 saturated heterocycles. The van der Waals surface area contributed by atoms with Gasteiger partial charge in [-0.3, -0.25) is 4.68 Å². The number of hydrogen-bond donors (Lipinski definition) is 1. The lowest BCUT2D eigenvalue weighted by atomic mass is 10.2. The van der Waals surface area contributed by atoms with Crippen molar-refractivity contribution in [3.63, 3.8) is 0 Å². The monoisotopic (exact) mass is 242 g/mol. The van der Waals surface area contributed by atoms with E-state index in [-0.39, 0.29) is 0 Å². The zero-order valence-electron chi connectivity index (χ0n) is 10.1. The molecule has 2 aromatic rings. The highest BCUT2D eigenvalue weighted by atomic mass is 16.5. The Morgan fingerprint density at radius 2 is 2.28 bits per heavy atom. The van der Waals surface area contributed by atoms with Crippen LogP contribution in [0.15, 0.2) is 36.7 Å². The van der Waals surface area contributed by atoms with Crippen molar-refractivity contribution in [1.82, 2.24) is 9.78 Å². The second-order valence-electron chi connectivity index (χ2n) is 3.77. The summed E-state index contributed by atoms with van der Waals surface area (Å²) < 4.78 is 6.78. The van der Waals surface area contributed by atoms with E-state index >= 15 is 0 Å². The first-order chi connectivity index (χ1) is 8.83. The Labute approximate surface area is 106 Å². The van der Waals surface area contributed by atoms with Crippen LogP contribution in [0.3, 0.4) is 0 Å². The van der Waals surface area contributed by atoms with E-state index in [1.807, 2.05) is 24.4 Å². The highest BCUT2D eigenvalue weighted by Gasteiger charge is 2.03. The number of hydrogen-bond acceptors (Lipinski definition) is 4. The van der Waals surface area contributed by atoms with Crippen molar-refractivity contribution >= 4 is 11.4 Å². The highest BCUT2D eigenvalue weighted by molar-refractivity contribution is 5.65. The summed E-state index contributed by atoms with van der Waals surface area (Å²) in [5.74, 6) is 0. The van der Waals surface area contributed by atoms with Gasteiger partial charge in [-0.25, -0.2) is 0 Å². The van der Waals surface area contributed by atoms with Gasteiger partial charge in [0.05, 0.1) is 36.3 Å². The van der Waals surface area contributed by atoms with Crippen molar-refractivity contribution in [3.05, 3.63) is 42.2 Å². The van der Waals surface area contributed by atoms with E-state index in [1.165, 1.54) is 0 Å². The molecule has 0 fully saturated rings. The summed E-state index contributed by atoms with van der Waals surface area (Å²) in [5, 5.41) is 16.4. The maximum Gasteiger partial charge on any atom is 0.101 e. The van der Waals surface area contributed by atoms with Crippen LogP contribution in [0.2, 0.25) is 0 Å². The minimum atomic E-state index is 0.613. The Balaban J connectivity index is 2.09. The summed E-state index contributed by atoms with van der Waals surface area (Å²) in [6.45, 7) is 1.33. The molecule has 1 aromatic heterocycles. The summed E-state index contributed by atoms with van der Waals surface area (Å²) >= 11 is 0. The molecule has 0 unspecified atom stereocenters. The minimum absolute atomic E-state index is 0.613. The molecule has 0 saturated carbocycles. The standard InChI is InChI=1S/C13H14N4O/c1-18-7-6-17-10-12(9-15-17)16-13-5-3-2-4-11(13)8-14/h2-5,9-10,16H,6-7H2,1H3. The van der Waals surface area contributed by atoms with Crippen molar-refractivity contribution in [2.24, 2.45) is 0 Å². The first kappa shape index (κ1) is 12.1. The molecule has 5 heteroatoms. The van der Waals surface area contributed by atoms with Crippen LogP contribution in [-0.4, -0.2) is 23.5 Å². The minimum Gasteiger partial charge on any atom is -0.383 e. The summed E-state index contributed by atoms with van der Waals surface area (Å²) in [6.07, 6.45) is 3.61. The molecular formula is C13H14N4O. The lowest BCUT2D eigenvalue weighted by Crippen LogP contribution is -2.03. The molecule has 1 heterocycles. The van der Waals surface area contributed by atoms with Crippen LogP contribution in [0.4, 0.5) is 11.4 Å². The molecule has 0 atom stereocenters. The summed E-state index contributed by atoms with van der Waals surface area (Å²) in [4.78, 5) is 0. The molecule has 92 valence electrons. The van der Waals surface area contributed by atoms with Crippen molar-refractivity contribution in [2.75, 3.05) is 19.0 Å². The third-order valence-electron chi connectivity index (χ3n) is 2.48. The Morgan fingerprint density at radius 3 is 3.06 bits per heavy atom. The van der Waals surface area contributed by atoms with Crippen LogP contribution in [-0.2, 0) is 11.3 Å². The molecule has 0 aliphatic rings. The normalized spacial score (nSPS) is 10.0. The second-order valence-corrected chi connectivity index (χ2v) is 3.77. The maximum atomic E-state index is 8.99. The van der Waals surface area contributed by atoms with E-state index in [4.69, 9.17) is 10.00 Å². The van der Waals surface area contributed by atoms with E-state index in [9.17, 15) is 0 Å². The Bertz CT molecular complexity index is 556. The number of ether oxygens (including phenoxy) is 1. The van der Waals surface area contributed by atoms with E-state index in [1.54, 1.807) is 24.1 Å². The van der Waals surface area contributed by atoms with E-state index < -0.39 is 0 Å². The molecular weight excluding hydrogens is 228 g/mol. The number of nitrogens with zero attached hydrogens (tertiary/aromatic N) is 3. The van der Waals surface area contributed by atoms with Crippen molar-refractivity contribution < 1.29 is 4.74 Å². The molecule has 0 bridgehead atoms. The van der Waals surface area contributed by atoms with Gasteiger partial charge in [0.2, 0.25) is 0 Å². The number of nitriles is 1. The molecule has 2 rings (SSSR count). The number of methoxy groups -OCH3 is 1. The topological polar surface area (TPSA) is 62.9 Å². The predicted molar refractivity (Wildman–Crippen MR) is 68.5 cm³/mol. The maximum absolute atomic E-state index is 8.99. The van der Waals surface area contributed by atoms with Gasteiger partial charge in [-0.2, -0.15) is 10.4 Å². The summed E-state index contributed by atoms with van der Waals surface area (Å²) in [5.41, 5.74) is 2.25. The van der Waals surface area contributed by atoms with Gasteiger partial charge in [-0.05, 0) is 12.1 Å². The van der Waals surface area contributed by atoms with Gasteiger partial charge < -0.3 is 10.1 Å². The number of nitrogens with one attached hydrogen (secondary N) is 1. The van der Waals surface area contributed by atoms with Crippen molar-refractivity contribution in [1.29, 1.82) is 5.26 Å². The van der Waals surface area contributed by atoms with Crippen LogP contribution >= 0.6 is 0 Å². The molecule has 1 aromatic carbocycles. The molecule has 0 aliphatic heterocycles. The number of rotatable bonds is 5. The zero-order valence-corrected chi connectivity index (χ0v) is 10.1. The number of benzene rings is 1. The van der Waals surface area contributed by atoms with Crippen molar-refractivity contribution in [2.45, 2.75) is 6.54 Å². The average Bonchev–Trinajstić information content (AvgIpc) is 2.84. The fourth-order valence-electron chi connectivity index (χ4n) is 1.58. The van der Waals surface area contributed by atoms with Crippen LogP contribution in [0.5, 0.6) is 0 Å². The fraction of sp³-hybridized carbons (Fsp3) is 0.231. The van der Waals surface area contributed by atoms with Gasteiger partial charge in [0.25, 0.3) is 0 Å². The number of aromatic nitrogens is 2. The second kappa shape index (κ2) is 5.84. The molecule has 0 amide bonds. The van der Waals surface area contributed by atoms with Crippen LogP contribution < -0.4 is 5.32 Å². The molecule has 5 nitrogen and oxygen atoms in total. The summed E-state index contributed by atoms with van der Waals surface area (Å²) in [7, 11) is 1.66. The molecule has 0 radical (unpaired) electrons. The Hall–Kier alpha value is -2.32. The van der Waals surface area contributed by atoms with Gasteiger partial charge in [-0.1, -0.05) is 12.1 Å². The van der Waals surface area contributed by atoms with Gasteiger partial charge >= 0.3 is 0 Å². The lowest BCUT2D eigenvalue weighted by molar-refractivity contribution is 0.183. The van der Waals surface area contributed by atoms with E-state index in [0.29, 0.717) is 18.7 Å². The highest BCUT2D eigenvalue weighted by Crippen LogP contribution is 2.19. The van der Waals surface area contributed by atoms with Crippen LogP contribution in [0.1, 0.15) is 5.56 Å². The summed E-state index contributed by atoms with van der Waals surface area (Å²) in [6, 6.07) is 9.52. The molecule has 18 heavy (non-hydrogen) atoms. The molecule has 0 aliphatic carbocycles. The van der Waals surface area contributed by atoms with Crippen molar-refractivity contribution in [3.8, 4) is 6.07 Å². The third-order valence-corrected chi connectivity index (χ3v) is 2.48. The molecule has 1 N–H and O–H groups in total. The Kier molecular flexibility index (Phi) is 3.94. The van der Waals surface area contributed by atoms with Gasteiger partial charge in [0.15, 0.2) is 0 Å². The zero-order chi connectivity index (χ0) is 12.8. The predicted octanol–water partition coefficient (Wildman–Crippen LogP) is 2.14. The SMILES string of the molecule is COCCn1cc(Nc2ccccc2C#N)cn1. The Morgan fingerprint density at radius 1 is 1.44 bits per heavy atom. The number of anilines is 2. The van der Waals surface area contributed by atoms with E-state index in [0.717, 1.165) is 11.4 Å². The first-order valence-corrected chi connectivity index (χ1v) is 5.61. The van der Waals surface area contributed by atoms with Gasteiger partial charge in [0, 0.05) is 13.3 Å². The molecule has 0 spiro atoms. The third kappa shape index (κ3) is 2.87. The average molecular weight is 242 g/mol. The van der Waals surface area contributed by atoms with Crippen LogP contribution in [0.25, 0.3) is 0 Å². The fourth-order valence-corrected chi connectivity index (χ4v) is 1.58. The van der Waals surface area contributed by atoms with Crippen LogP contribution in [0, 0.1) is 11.3 Å². The first-order valence-electron chi connectivity index (χ1n) is 5.61.